The lowest BCUT2D eigenvalue weighted by atomic mass is 10.3. The van der Waals surface area contributed by atoms with Crippen molar-refractivity contribution in [3.05, 3.63) is 24.3 Å². The van der Waals surface area contributed by atoms with E-state index in [4.69, 9.17) is 14.4 Å². The summed E-state index contributed by atoms with van der Waals surface area (Å²) < 4.78 is 24.2. The maximum atomic E-state index is 10.6. The molecule has 0 saturated heterocycles. The van der Waals surface area contributed by atoms with Gasteiger partial charge in [-0.25, -0.2) is 4.21 Å². The Hall–Kier alpha value is -0.910. The SMILES string of the molecule is CC(O)Oc1ccc(S(=O)O)cc1. The summed E-state index contributed by atoms with van der Waals surface area (Å²) in [6, 6.07) is 5.98. The van der Waals surface area contributed by atoms with Gasteiger partial charge in [-0.05, 0) is 31.2 Å². The fourth-order valence-electron chi connectivity index (χ4n) is 0.832. The summed E-state index contributed by atoms with van der Waals surface area (Å²) in [4.78, 5) is 0.304. The standard InChI is InChI=1S/C8H10O4S/c1-6(9)12-7-2-4-8(5-3-7)13(10)11/h2-6,9H,1H3,(H,10,11). The maximum absolute atomic E-state index is 10.6. The first-order chi connectivity index (χ1) is 6.09. The van der Waals surface area contributed by atoms with Crippen molar-refractivity contribution in [2.45, 2.75) is 18.1 Å². The van der Waals surface area contributed by atoms with Gasteiger partial charge in [-0.3, -0.25) is 0 Å². The molecule has 0 aliphatic rings. The first-order valence-electron chi connectivity index (χ1n) is 3.65. The van der Waals surface area contributed by atoms with Gasteiger partial charge in [-0.1, -0.05) is 0 Å². The molecule has 2 N–H and O–H groups in total. The van der Waals surface area contributed by atoms with Gasteiger partial charge in [0.1, 0.15) is 5.75 Å². The Morgan fingerprint density at radius 2 is 1.92 bits per heavy atom. The molecule has 0 amide bonds. The molecule has 1 aromatic carbocycles. The second-order valence-corrected chi connectivity index (χ2v) is 3.41. The van der Waals surface area contributed by atoms with Crippen molar-refractivity contribution in [2.24, 2.45) is 0 Å². The molecular formula is C8H10O4S. The third kappa shape index (κ3) is 3.14. The summed E-state index contributed by atoms with van der Waals surface area (Å²) in [5.41, 5.74) is 0. The molecule has 13 heavy (non-hydrogen) atoms. The highest BCUT2D eigenvalue weighted by Gasteiger charge is 2.01. The van der Waals surface area contributed by atoms with E-state index in [1.54, 1.807) is 0 Å². The highest BCUT2D eigenvalue weighted by atomic mass is 32.2. The lowest BCUT2D eigenvalue weighted by Crippen LogP contribution is -2.09. The summed E-state index contributed by atoms with van der Waals surface area (Å²) in [5, 5.41) is 8.85. The van der Waals surface area contributed by atoms with Gasteiger partial charge in [-0.15, -0.1) is 0 Å². The molecular weight excluding hydrogens is 192 g/mol. The summed E-state index contributed by atoms with van der Waals surface area (Å²) in [5.74, 6) is 0.462. The van der Waals surface area contributed by atoms with Crippen molar-refractivity contribution in [3.8, 4) is 5.75 Å². The lowest BCUT2D eigenvalue weighted by Gasteiger charge is -2.07. The average molecular weight is 202 g/mol. The molecule has 5 heteroatoms. The van der Waals surface area contributed by atoms with Crippen molar-refractivity contribution in [3.63, 3.8) is 0 Å². The molecule has 2 unspecified atom stereocenters. The van der Waals surface area contributed by atoms with Crippen LogP contribution in [0.4, 0.5) is 0 Å². The number of rotatable bonds is 3. The van der Waals surface area contributed by atoms with Crippen LogP contribution in [0.5, 0.6) is 5.75 Å². The van der Waals surface area contributed by atoms with Crippen LogP contribution in [0.1, 0.15) is 6.92 Å². The molecule has 2 atom stereocenters. The Labute approximate surface area is 78.4 Å². The van der Waals surface area contributed by atoms with Crippen LogP contribution >= 0.6 is 0 Å². The summed E-state index contributed by atoms with van der Waals surface area (Å²) in [7, 11) is 0. The number of hydrogen-bond acceptors (Lipinski definition) is 3. The fourth-order valence-corrected chi connectivity index (χ4v) is 1.20. The minimum absolute atomic E-state index is 0.304. The number of hydrogen-bond donors (Lipinski definition) is 2. The highest BCUT2D eigenvalue weighted by molar-refractivity contribution is 7.79. The molecule has 4 nitrogen and oxygen atoms in total. The van der Waals surface area contributed by atoms with Crippen LogP contribution < -0.4 is 4.74 Å². The molecule has 0 heterocycles. The van der Waals surface area contributed by atoms with Gasteiger partial charge in [-0.2, -0.15) is 0 Å². The third-order valence-corrected chi connectivity index (χ3v) is 2.01. The van der Waals surface area contributed by atoms with Gasteiger partial charge in [0.2, 0.25) is 0 Å². The zero-order chi connectivity index (χ0) is 9.84. The van der Waals surface area contributed by atoms with E-state index in [1.807, 2.05) is 0 Å². The molecule has 72 valence electrons. The van der Waals surface area contributed by atoms with Crippen LogP contribution in [-0.4, -0.2) is 20.2 Å². The van der Waals surface area contributed by atoms with E-state index in [0.29, 0.717) is 10.6 Å². The first kappa shape index (κ1) is 10.2. The Kier molecular flexibility index (Phi) is 3.41. The molecule has 1 aromatic rings. The van der Waals surface area contributed by atoms with Gasteiger partial charge in [0.25, 0.3) is 0 Å². The minimum atomic E-state index is -1.97. The number of benzene rings is 1. The first-order valence-corrected chi connectivity index (χ1v) is 4.76. The monoisotopic (exact) mass is 202 g/mol. The molecule has 0 spiro atoms. The Morgan fingerprint density at radius 1 is 1.38 bits per heavy atom. The number of aliphatic hydroxyl groups is 1. The third-order valence-electron chi connectivity index (χ3n) is 1.33. The summed E-state index contributed by atoms with van der Waals surface area (Å²) >= 11 is -1.97. The lowest BCUT2D eigenvalue weighted by molar-refractivity contribution is -0.000323. The van der Waals surface area contributed by atoms with Crippen molar-refractivity contribution in [2.75, 3.05) is 0 Å². The van der Waals surface area contributed by atoms with Crippen LogP contribution in [0.25, 0.3) is 0 Å². The van der Waals surface area contributed by atoms with E-state index >= 15 is 0 Å². The van der Waals surface area contributed by atoms with Crippen LogP contribution in [0.3, 0.4) is 0 Å². The van der Waals surface area contributed by atoms with Crippen molar-refractivity contribution in [1.82, 2.24) is 0 Å². The Bertz CT molecular complexity index is 294. The molecule has 0 aromatic heterocycles. The largest absolute Gasteiger partial charge is 0.465 e. The average Bonchev–Trinajstić information content (AvgIpc) is 2.04. The highest BCUT2D eigenvalue weighted by Crippen LogP contribution is 2.14. The van der Waals surface area contributed by atoms with E-state index < -0.39 is 17.4 Å². The van der Waals surface area contributed by atoms with E-state index in [0.717, 1.165) is 0 Å². The summed E-state index contributed by atoms with van der Waals surface area (Å²) in [6.45, 7) is 1.48. The van der Waals surface area contributed by atoms with Crippen molar-refractivity contribution >= 4 is 11.1 Å². The second-order valence-electron chi connectivity index (χ2n) is 2.44. The Morgan fingerprint density at radius 3 is 2.31 bits per heavy atom. The van der Waals surface area contributed by atoms with E-state index in [9.17, 15) is 4.21 Å². The van der Waals surface area contributed by atoms with Gasteiger partial charge in [0, 0.05) is 0 Å². The van der Waals surface area contributed by atoms with E-state index in [-0.39, 0.29) is 0 Å². The topological polar surface area (TPSA) is 66.8 Å². The summed E-state index contributed by atoms with van der Waals surface area (Å²) in [6.07, 6.45) is -0.884. The molecule has 0 saturated carbocycles. The Balaban J connectivity index is 2.75. The quantitative estimate of drug-likeness (QED) is 0.566. The molecule has 0 aliphatic heterocycles. The van der Waals surface area contributed by atoms with Crippen LogP contribution in [-0.2, 0) is 11.1 Å². The van der Waals surface area contributed by atoms with Gasteiger partial charge >= 0.3 is 0 Å². The van der Waals surface area contributed by atoms with Crippen LogP contribution in [0.15, 0.2) is 29.2 Å². The van der Waals surface area contributed by atoms with Gasteiger partial charge in [0.15, 0.2) is 17.4 Å². The zero-order valence-electron chi connectivity index (χ0n) is 7.01. The fraction of sp³-hybridized carbons (Fsp3) is 0.250. The smallest absolute Gasteiger partial charge is 0.194 e. The van der Waals surface area contributed by atoms with Crippen molar-refractivity contribution in [1.29, 1.82) is 0 Å². The van der Waals surface area contributed by atoms with E-state index in [1.165, 1.54) is 31.2 Å². The number of ether oxygens (including phenoxy) is 1. The zero-order valence-corrected chi connectivity index (χ0v) is 7.82. The normalized spacial score (nSPS) is 15.0. The van der Waals surface area contributed by atoms with Gasteiger partial charge in [0.05, 0.1) is 4.90 Å². The predicted octanol–water partition coefficient (Wildman–Crippen LogP) is 0.984. The maximum Gasteiger partial charge on any atom is 0.194 e. The molecule has 0 radical (unpaired) electrons. The molecule has 1 rings (SSSR count). The molecule has 0 fully saturated rings. The molecule has 0 bridgehead atoms. The number of aliphatic hydroxyl groups excluding tert-OH is 1. The minimum Gasteiger partial charge on any atom is -0.465 e. The predicted molar refractivity (Wildman–Crippen MR) is 47.8 cm³/mol. The van der Waals surface area contributed by atoms with Crippen molar-refractivity contribution < 1.29 is 18.6 Å². The van der Waals surface area contributed by atoms with Crippen LogP contribution in [0.2, 0.25) is 0 Å². The van der Waals surface area contributed by atoms with Crippen LogP contribution in [0, 0.1) is 0 Å². The van der Waals surface area contributed by atoms with Gasteiger partial charge < -0.3 is 14.4 Å². The van der Waals surface area contributed by atoms with E-state index in [2.05, 4.69) is 0 Å². The molecule has 0 aliphatic carbocycles. The second kappa shape index (κ2) is 4.36.